The molecule has 2 N–H and O–H groups in total. The number of carbonyl (C=O) groups is 1. The summed E-state index contributed by atoms with van der Waals surface area (Å²) in [6.07, 6.45) is 8.20. The molecule has 0 aromatic rings. The Balaban J connectivity index is 0.00000144. The van der Waals surface area contributed by atoms with Gasteiger partial charge in [-0.05, 0) is 44.1 Å². The number of rotatable bonds is 3. The van der Waals surface area contributed by atoms with Crippen LogP contribution in [0.1, 0.15) is 44.9 Å². The molecule has 0 atom stereocenters. The monoisotopic (exact) mass is 260 g/mol. The molecule has 0 unspecified atom stereocenters. The van der Waals surface area contributed by atoms with Gasteiger partial charge in [0, 0.05) is 19.5 Å². The molecule has 1 aliphatic carbocycles. The Bertz CT molecular complexity index is 234. The zero-order chi connectivity index (χ0) is 11.4. The number of nitrogens with two attached hydrogens (primary N) is 1. The Morgan fingerprint density at radius 3 is 2.18 bits per heavy atom. The second kappa shape index (κ2) is 7.22. The van der Waals surface area contributed by atoms with Crippen LogP contribution in [-0.4, -0.2) is 30.4 Å². The van der Waals surface area contributed by atoms with E-state index in [0.717, 1.165) is 38.9 Å². The van der Waals surface area contributed by atoms with Gasteiger partial charge in [0.1, 0.15) is 0 Å². The van der Waals surface area contributed by atoms with Crippen molar-refractivity contribution in [1.29, 1.82) is 0 Å². The van der Waals surface area contributed by atoms with Crippen molar-refractivity contribution in [3.63, 3.8) is 0 Å². The average molecular weight is 261 g/mol. The molecule has 4 heteroatoms. The summed E-state index contributed by atoms with van der Waals surface area (Å²) in [7, 11) is 0. The number of nitrogens with zero attached hydrogens (tertiary/aromatic N) is 1. The van der Waals surface area contributed by atoms with Crippen LogP contribution < -0.4 is 5.73 Å². The van der Waals surface area contributed by atoms with Crippen molar-refractivity contribution < 1.29 is 4.79 Å². The third-order valence-corrected chi connectivity index (χ3v) is 4.24. The lowest BCUT2D eigenvalue weighted by Crippen LogP contribution is -2.40. The van der Waals surface area contributed by atoms with Gasteiger partial charge in [-0.25, -0.2) is 0 Å². The third kappa shape index (κ3) is 4.14. The lowest BCUT2D eigenvalue weighted by Gasteiger charge is -2.32. The van der Waals surface area contributed by atoms with Gasteiger partial charge in [0.25, 0.3) is 0 Å². The minimum Gasteiger partial charge on any atom is -0.343 e. The lowest BCUT2D eigenvalue weighted by molar-refractivity contribution is -0.133. The highest BCUT2D eigenvalue weighted by Crippen LogP contribution is 2.28. The van der Waals surface area contributed by atoms with Gasteiger partial charge in [0.15, 0.2) is 0 Å². The van der Waals surface area contributed by atoms with E-state index in [0.29, 0.717) is 17.7 Å². The number of piperidine rings is 1. The van der Waals surface area contributed by atoms with Crippen LogP contribution in [0.2, 0.25) is 0 Å². The number of carbonyl (C=O) groups excluding carboxylic acids is 1. The normalized spacial score (nSPS) is 22.5. The number of amides is 1. The van der Waals surface area contributed by atoms with Gasteiger partial charge >= 0.3 is 0 Å². The van der Waals surface area contributed by atoms with Gasteiger partial charge in [-0.1, -0.05) is 12.8 Å². The van der Waals surface area contributed by atoms with Crippen molar-refractivity contribution in [1.82, 2.24) is 4.90 Å². The quantitative estimate of drug-likeness (QED) is 0.846. The summed E-state index contributed by atoms with van der Waals surface area (Å²) in [5, 5.41) is 0. The van der Waals surface area contributed by atoms with E-state index in [1.807, 2.05) is 0 Å². The van der Waals surface area contributed by atoms with Gasteiger partial charge in [0.05, 0.1) is 0 Å². The van der Waals surface area contributed by atoms with Gasteiger partial charge in [-0.3, -0.25) is 4.79 Å². The first-order chi connectivity index (χ1) is 7.79. The SMILES string of the molecule is Cl.NCC1CCN(C(=O)CC2CCCC2)CC1. The second-order valence-electron chi connectivity index (χ2n) is 5.41. The Morgan fingerprint density at radius 1 is 1.06 bits per heavy atom. The van der Waals surface area contributed by atoms with Crippen molar-refractivity contribution in [2.75, 3.05) is 19.6 Å². The first-order valence-electron chi connectivity index (χ1n) is 6.77. The molecule has 17 heavy (non-hydrogen) atoms. The van der Waals surface area contributed by atoms with Crippen LogP contribution in [0.4, 0.5) is 0 Å². The molecule has 2 aliphatic rings. The van der Waals surface area contributed by atoms with Crippen molar-refractivity contribution in [3.8, 4) is 0 Å². The minimum absolute atomic E-state index is 0. The van der Waals surface area contributed by atoms with E-state index in [-0.39, 0.29) is 12.4 Å². The van der Waals surface area contributed by atoms with Gasteiger partial charge in [-0.15, -0.1) is 12.4 Å². The first kappa shape index (κ1) is 14.8. The van der Waals surface area contributed by atoms with E-state index in [2.05, 4.69) is 4.90 Å². The zero-order valence-corrected chi connectivity index (χ0v) is 11.4. The van der Waals surface area contributed by atoms with Crippen LogP contribution >= 0.6 is 12.4 Å². The average Bonchev–Trinajstić information content (AvgIpc) is 2.82. The van der Waals surface area contributed by atoms with Crippen LogP contribution in [0.25, 0.3) is 0 Å². The molecule has 1 aliphatic heterocycles. The van der Waals surface area contributed by atoms with E-state index in [1.165, 1.54) is 25.7 Å². The highest BCUT2D eigenvalue weighted by atomic mass is 35.5. The molecule has 1 amide bonds. The largest absolute Gasteiger partial charge is 0.343 e. The smallest absolute Gasteiger partial charge is 0.222 e. The number of likely N-dealkylation sites (tertiary alicyclic amines) is 1. The Hall–Kier alpha value is -0.280. The minimum atomic E-state index is 0. The maximum absolute atomic E-state index is 12.0. The predicted molar refractivity (Wildman–Crippen MR) is 72.2 cm³/mol. The summed E-state index contributed by atoms with van der Waals surface area (Å²) in [6, 6.07) is 0. The third-order valence-electron chi connectivity index (χ3n) is 4.24. The van der Waals surface area contributed by atoms with Crippen molar-refractivity contribution >= 4 is 18.3 Å². The second-order valence-corrected chi connectivity index (χ2v) is 5.41. The molecule has 0 radical (unpaired) electrons. The topological polar surface area (TPSA) is 46.3 Å². The van der Waals surface area contributed by atoms with Crippen LogP contribution in [-0.2, 0) is 4.79 Å². The maximum atomic E-state index is 12.0. The highest BCUT2D eigenvalue weighted by molar-refractivity contribution is 5.85. The van der Waals surface area contributed by atoms with E-state index >= 15 is 0 Å². The molecule has 1 saturated carbocycles. The maximum Gasteiger partial charge on any atom is 0.222 e. The van der Waals surface area contributed by atoms with E-state index in [9.17, 15) is 4.79 Å². The molecule has 0 spiro atoms. The van der Waals surface area contributed by atoms with Crippen molar-refractivity contribution in [3.05, 3.63) is 0 Å². The molecule has 2 rings (SSSR count). The van der Waals surface area contributed by atoms with Gasteiger partial charge < -0.3 is 10.6 Å². The molecule has 0 aromatic heterocycles. The zero-order valence-electron chi connectivity index (χ0n) is 10.6. The molecule has 3 nitrogen and oxygen atoms in total. The molecule has 1 heterocycles. The van der Waals surface area contributed by atoms with Crippen molar-refractivity contribution in [2.45, 2.75) is 44.9 Å². The number of halogens is 1. The highest BCUT2D eigenvalue weighted by Gasteiger charge is 2.25. The molecule has 100 valence electrons. The van der Waals surface area contributed by atoms with Gasteiger partial charge in [0.2, 0.25) is 5.91 Å². The summed E-state index contributed by atoms with van der Waals surface area (Å²) in [6.45, 7) is 2.66. The van der Waals surface area contributed by atoms with Gasteiger partial charge in [-0.2, -0.15) is 0 Å². The van der Waals surface area contributed by atoms with Crippen molar-refractivity contribution in [2.24, 2.45) is 17.6 Å². The summed E-state index contributed by atoms with van der Waals surface area (Å²) >= 11 is 0. The summed E-state index contributed by atoms with van der Waals surface area (Å²) < 4.78 is 0. The molecule has 2 fully saturated rings. The van der Waals surface area contributed by atoms with Crippen LogP contribution in [0.3, 0.4) is 0 Å². The Labute approximate surface area is 111 Å². The molecular weight excluding hydrogens is 236 g/mol. The fraction of sp³-hybridized carbons (Fsp3) is 0.923. The summed E-state index contributed by atoms with van der Waals surface area (Å²) in [5.74, 6) is 1.72. The van der Waals surface area contributed by atoms with Crippen LogP contribution in [0.5, 0.6) is 0 Å². The fourth-order valence-electron chi connectivity index (χ4n) is 3.01. The standard InChI is InChI=1S/C13H24N2O.ClH/c14-10-12-5-7-15(8-6-12)13(16)9-11-3-1-2-4-11;/h11-12H,1-10,14H2;1H. The summed E-state index contributed by atoms with van der Waals surface area (Å²) in [5.41, 5.74) is 5.65. The lowest BCUT2D eigenvalue weighted by atomic mass is 9.96. The Morgan fingerprint density at radius 2 is 1.65 bits per heavy atom. The van der Waals surface area contributed by atoms with E-state index in [1.54, 1.807) is 0 Å². The predicted octanol–water partition coefficient (Wildman–Crippen LogP) is 2.19. The van der Waals surface area contributed by atoms with E-state index < -0.39 is 0 Å². The number of hydrogen-bond acceptors (Lipinski definition) is 2. The number of hydrogen-bond donors (Lipinski definition) is 1. The molecular formula is C13H25ClN2O. The van der Waals surface area contributed by atoms with Crippen LogP contribution in [0.15, 0.2) is 0 Å². The first-order valence-corrected chi connectivity index (χ1v) is 6.77. The van der Waals surface area contributed by atoms with E-state index in [4.69, 9.17) is 5.73 Å². The molecule has 1 saturated heterocycles. The Kier molecular flexibility index (Phi) is 6.28. The fourth-order valence-corrected chi connectivity index (χ4v) is 3.01. The molecule has 0 aromatic carbocycles. The van der Waals surface area contributed by atoms with Crippen LogP contribution in [0, 0.1) is 11.8 Å². The molecule has 0 bridgehead atoms. The summed E-state index contributed by atoms with van der Waals surface area (Å²) in [4.78, 5) is 14.1.